The molecule has 7 heteroatoms. The molecule has 7 nitrogen and oxygen atoms in total. The number of hydrogen-bond donors (Lipinski definition) is 1. The molecule has 21 heavy (non-hydrogen) atoms. The van der Waals surface area contributed by atoms with Gasteiger partial charge in [0.2, 0.25) is 5.89 Å². The minimum absolute atomic E-state index is 0.0494. The molecule has 0 saturated heterocycles. The van der Waals surface area contributed by atoms with Gasteiger partial charge in [0.25, 0.3) is 0 Å². The molecule has 0 unspecified atom stereocenters. The first-order chi connectivity index (χ1) is 10.0. The highest BCUT2D eigenvalue weighted by Crippen LogP contribution is 2.19. The van der Waals surface area contributed by atoms with E-state index in [0.717, 1.165) is 36.9 Å². The second-order valence-electron chi connectivity index (χ2n) is 6.04. The van der Waals surface area contributed by atoms with Crippen LogP contribution in [0.15, 0.2) is 4.52 Å². The quantitative estimate of drug-likeness (QED) is 0.924. The van der Waals surface area contributed by atoms with Crippen LogP contribution in [-0.2, 0) is 13.0 Å². The molecule has 1 aliphatic rings. The summed E-state index contributed by atoms with van der Waals surface area (Å²) in [5.74, 6) is 3.76. The van der Waals surface area contributed by atoms with Gasteiger partial charge in [0.15, 0.2) is 5.82 Å². The Kier molecular flexibility index (Phi) is 3.75. The second-order valence-corrected chi connectivity index (χ2v) is 6.04. The predicted octanol–water partition coefficient (Wildman–Crippen LogP) is 1.76. The van der Waals surface area contributed by atoms with Crippen LogP contribution in [0.1, 0.15) is 62.5 Å². The van der Waals surface area contributed by atoms with Gasteiger partial charge in [0, 0.05) is 24.9 Å². The maximum atomic E-state index is 5.35. The van der Waals surface area contributed by atoms with Crippen LogP contribution < -0.4 is 5.32 Å². The topological polar surface area (TPSA) is 81.7 Å². The molecule has 1 aliphatic heterocycles. The van der Waals surface area contributed by atoms with Crippen LogP contribution in [0.4, 0.5) is 0 Å². The molecule has 2 atom stereocenters. The van der Waals surface area contributed by atoms with Crippen LogP contribution >= 0.6 is 0 Å². The van der Waals surface area contributed by atoms with Crippen LogP contribution in [0.3, 0.4) is 0 Å². The summed E-state index contributed by atoms with van der Waals surface area (Å²) in [6, 6.07) is 0.421. The highest BCUT2D eigenvalue weighted by molar-refractivity contribution is 5.01. The third kappa shape index (κ3) is 2.83. The molecule has 0 bridgehead atoms. The van der Waals surface area contributed by atoms with Crippen LogP contribution in [0, 0.1) is 6.92 Å². The molecule has 2 aromatic heterocycles. The Labute approximate surface area is 124 Å². The van der Waals surface area contributed by atoms with Crippen molar-refractivity contribution in [1.29, 1.82) is 0 Å². The average Bonchev–Trinajstić information content (AvgIpc) is 3.07. The molecule has 0 spiro atoms. The Morgan fingerprint density at radius 1 is 1.29 bits per heavy atom. The summed E-state index contributed by atoms with van der Waals surface area (Å²) < 4.78 is 7.53. The Morgan fingerprint density at radius 3 is 2.81 bits per heavy atom. The second kappa shape index (κ2) is 5.55. The largest absolute Gasteiger partial charge is 0.338 e. The normalized spacial score (nSPS) is 19.8. The first-order valence-electron chi connectivity index (χ1n) is 7.52. The van der Waals surface area contributed by atoms with Gasteiger partial charge in [-0.3, -0.25) is 0 Å². The lowest BCUT2D eigenvalue weighted by Crippen LogP contribution is -2.39. The fourth-order valence-corrected chi connectivity index (χ4v) is 2.68. The molecule has 0 saturated carbocycles. The number of rotatable bonds is 4. The molecule has 0 aromatic carbocycles. The number of nitrogens with one attached hydrogen (secondary N) is 1. The number of hydrogen-bond acceptors (Lipinski definition) is 6. The summed E-state index contributed by atoms with van der Waals surface area (Å²) in [6.45, 7) is 9.07. The van der Waals surface area contributed by atoms with E-state index in [9.17, 15) is 0 Å². The minimum atomic E-state index is 0.0494. The molecule has 0 aliphatic carbocycles. The number of nitrogens with zero attached hydrogens (tertiary/aromatic N) is 5. The van der Waals surface area contributed by atoms with Crippen molar-refractivity contribution >= 4 is 0 Å². The smallest absolute Gasteiger partial charge is 0.243 e. The van der Waals surface area contributed by atoms with E-state index in [2.05, 4.69) is 51.0 Å². The third-order valence-electron chi connectivity index (χ3n) is 3.96. The van der Waals surface area contributed by atoms with Crippen molar-refractivity contribution < 1.29 is 4.52 Å². The number of fused-ring (bicyclic) bond motifs is 1. The molecule has 1 N–H and O–H groups in total. The van der Waals surface area contributed by atoms with Crippen molar-refractivity contribution in [2.75, 3.05) is 0 Å². The summed E-state index contributed by atoms with van der Waals surface area (Å²) in [5, 5.41) is 15.9. The Bertz CT molecular complexity index is 617. The van der Waals surface area contributed by atoms with Gasteiger partial charge in [0.1, 0.15) is 11.6 Å². The molecule has 3 heterocycles. The SMILES string of the molecule is Cc1nnc2n1C[C@H](N[C@H](C)c1nc(C(C)C)no1)CC2. The zero-order valence-corrected chi connectivity index (χ0v) is 13.0. The lowest BCUT2D eigenvalue weighted by Gasteiger charge is -2.26. The fraction of sp³-hybridized carbons (Fsp3) is 0.714. The van der Waals surface area contributed by atoms with Crippen LogP contribution in [0.5, 0.6) is 0 Å². The van der Waals surface area contributed by atoms with Crippen molar-refractivity contribution in [3.63, 3.8) is 0 Å². The Balaban J connectivity index is 1.65. The molecule has 0 fully saturated rings. The van der Waals surface area contributed by atoms with Crippen LogP contribution in [0.2, 0.25) is 0 Å². The summed E-state index contributed by atoms with van der Waals surface area (Å²) >= 11 is 0. The lowest BCUT2D eigenvalue weighted by molar-refractivity contribution is 0.292. The standard InChI is InChI=1S/C14H22N6O/c1-8(2)13-16-14(21-19-13)9(3)15-11-5-6-12-18-17-10(4)20(12)7-11/h8-9,11,15H,5-7H2,1-4H3/t9-,11-/m1/s1. The zero-order chi connectivity index (χ0) is 15.0. The predicted molar refractivity (Wildman–Crippen MR) is 76.8 cm³/mol. The van der Waals surface area contributed by atoms with Gasteiger partial charge in [0.05, 0.1) is 6.04 Å². The van der Waals surface area contributed by atoms with Gasteiger partial charge in [-0.25, -0.2) is 0 Å². The van der Waals surface area contributed by atoms with Gasteiger partial charge in [-0.2, -0.15) is 4.98 Å². The Morgan fingerprint density at radius 2 is 2.10 bits per heavy atom. The van der Waals surface area contributed by atoms with E-state index in [-0.39, 0.29) is 12.0 Å². The maximum Gasteiger partial charge on any atom is 0.243 e. The summed E-state index contributed by atoms with van der Waals surface area (Å²) in [7, 11) is 0. The minimum Gasteiger partial charge on any atom is -0.338 e. The average molecular weight is 290 g/mol. The van der Waals surface area contributed by atoms with Crippen molar-refractivity contribution in [2.45, 2.75) is 65.1 Å². The van der Waals surface area contributed by atoms with Gasteiger partial charge in [-0.05, 0) is 20.3 Å². The Hall–Kier alpha value is -1.76. The zero-order valence-electron chi connectivity index (χ0n) is 13.0. The van der Waals surface area contributed by atoms with Gasteiger partial charge in [-0.15, -0.1) is 10.2 Å². The molecule has 3 rings (SSSR count). The van der Waals surface area contributed by atoms with E-state index >= 15 is 0 Å². The number of aromatic nitrogens is 5. The molecule has 0 amide bonds. The van der Waals surface area contributed by atoms with E-state index in [0.29, 0.717) is 11.9 Å². The fourth-order valence-electron chi connectivity index (χ4n) is 2.68. The number of aryl methyl sites for hydroxylation is 2. The molecular weight excluding hydrogens is 268 g/mol. The van der Waals surface area contributed by atoms with E-state index in [1.165, 1.54) is 0 Å². The highest BCUT2D eigenvalue weighted by Gasteiger charge is 2.24. The highest BCUT2D eigenvalue weighted by atomic mass is 16.5. The van der Waals surface area contributed by atoms with E-state index < -0.39 is 0 Å². The van der Waals surface area contributed by atoms with Gasteiger partial charge in [-0.1, -0.05) is 19.0 Å². The summed E-state index contributed by atoms with van der Waals surface area (Å²) in [6.07, 6.45) is 2.00. The van der Waals surface area contributed by atoms with E-state index in [1.54, 1.807) is 0 Å². The van der Waals surface area contributed by atoms with E-state index in [4.69, 9.17) is 4.52 Å². The summed E-state index contributed by atoms with van der Waals surface area (Å²) in [5.41, 5.74) is 0. The van der Waals surface area contributed by atoms with Crippen molar-refractivity contribution in [2.24, 2.45) is 0 Å². The molecule has 0 radical (unpaired) electrons. The van der Waals surface area contributed by atoms with Crippen LogP contribution in [0.25, 0.3) is 0 Å². The first-order valence-corrected chi connectivity index (χ1v) is 7.52. The van der Waals surface area contributed by atoms with Gasteiger partial charge < -0.3 is 14.4 Å². The monoisotopic (exact) mass is 290 g/mol. The van der Waals surface area contributed by atoms with Gasteiger partial charge >= 0.3 is 0 Å². The first kappa shape index (κ1) is 14.2. The van der Waals surface area contributed by atoms with Crippen LogP contribution in [-0.4, -0.2) is 30.9 Å². The van der Waals surface area contributed by atoms with Crippen molar-refractivity contribution in [3.05, 3.63) is 23.4 Å². The lowest BCUT2D eigenvalue weighted by atomic mass is 10.1. The van der Waals surface area contributed by atoms with Crippen molar-refractivity contribution in [3.8, 4) is 0 Å². The van der Waals surface area contributed by atoms with E-state index in [1.807, 2.05) is 6.92 Å². The third-order valence-corrected chi connectivity index (χ3v) is 3.96. The molecule has 2 aromatic rings. The summed E-state index contributed by atoms with van der Waals surface area (Å²) in [4.78, 5) is 4.46. The molecule has 114 valence electrons. The van der Waals surface area contributed by atoms with Crippen molar-refractivity contribution in [1.82, 2.24) is 30.2 Å². The molecular formula is C14H22N6O. The maximum absolute atomic E-state index is 5.35.